The molecule has 0 heterocycles. The number of benzene rings is 1. The van der Waals surface area contributed by atoms with Crippen LogP contribution in [-0.2, 0) is 14.4 Å². The summed E-state index contributed by atoms with van der Waals surface area (Å²) in [5.41, 5.74) is 6.51. The van der Waals surface area contributed by atoms with E-state index in [9.17, 15) is 14.4 Å². The zero-order chi connectivity index (χ0) is 19.6. The number of carbonyl (C=O) groups is 3. The molecule has 0 saturated heterocycles. The molecule has 1 aromatic carbocycles. The van der Waals surface area contributed by atoms with E-state index >= 15 is 0 Å². The Morgan fingerprint density at radius 3 is 2.44 bits per heavy atom. The van der Waals surface area contributed by atoms with E-state index in [-0.39, 0.29) is 19.1 Å². The number of carbonyl (C=O) groups excluding carboxylic acids is 3. The topological polar surface area (TPSA) is 96.5 Å². The summed E-state index contributed by atoms with van der Waals surface area (Å²) in [5.74, 6) is -0.0262. The molecule has 0 spiro atoms. The third-order valence-electron chi connectivity index (χ3n) is 4.69. The summed E-state index contributed by atoms with van der Waals surface area (Å²) in [4.78, 5) is 35.4. The van der Waals surface area contributed by atoms with Gasteiger partial charge in [0.25, 0.3) is 11.8 Å². The highest BCUT2D eigenvalue weighted by Gasteiger charge is 2.17. The maximum Gasteiger partial charge on any atom is 0.276 e. The predicted molar refractivity (Wildman–Crippen MR) is 102 cm³/mol. The van der Waals surface area contributed by atoms with Crippen LogP contribution in [0, 0.1) is 19.8 Å². The van der Waals surface area contributed by atoms with Gasteiger partial charge >= 0.3 is 0 Å². The minimum Gasteiger partial charge on any atom is -0.483 e. The van der Waals surface area contributed by atoms with Crippen molar-refractivity contribution >= 4 is 17.7 Å². The maximum atomic E-state index is 11.9. The van der Waals surface area contributed by atoms with Crippen molar-refractivity contribution in [3.05, 3.63) is 29.3 Å². The van der Waals surface area contributed by atoms with Gasteiger partial charge in [-0.2, -0.15) is 0 Å². The standard InChI is InChI=1S/C20H29N3O4/c1-14-8-9-15(2)17(10-14)27-13-20(26)23-22-19(25)12-21-18(24)11-16-6-4-3-5-7-16/h8-10,16H,3-7,11-13H2,1-2H3,(H,21,24)(H,22,25)(H,23,26). The number of hydrazine groups is 1. The number of hydrogen-bond acceptors (Lipinski definition) is 4. The minimum absolute atomic E-state index is 0.123. The molecule has 27 heavy (non-hydrogen) atoms. The summed E-state index contributed by atoms with van der Waals surface area (Å²) in [6.07, 6.45) is 6.21. The number of ether oxygens (including phenoxy) is 1. The first-order valence-electron chi connectivity index (χ1n) is 9.48. The van der Waals surface area contributed by atoms with E-state index in [4.69, 9.17) is 4.74 Å². The molecule has 0 unspecified atom stereocenters. The average Bonchev–Trinajstić information content (AvgIpc) is 2.66. The van der Waals surface area contributed by atoms with E-state index in [1.54, 1.807) is 0 Å². The van der Waals surface area contributed by atoms with E-state index in [1.165, 1.54) is 19.3 Å². The van der Waals surface area contributed by atoms with Gasteiger partial charge < -0.3 is 10.1 Å². The quantitative estimate of drug-likeness (QED) is 0.634. The zero-order valence-corrected chi connectivity index (χ0v) is 16.1. The van der Waals surface area contributed by atoms with Gasteiger partial charge in [0.15, 0.2) is 6.61 Å². The van der Waals surface area contributed by atoms with E-state index in [0.717, 1.165) is 24.0 Å². The Labute approximate surface area is 160 Å². The van der Waals surface area contributed by atoms with Crippen LogP contribution in [0.4, 0.5) is 0 Å². The van der Waals surface area contributed by atoms with E-state index in [1.807, 2.05) is 32.0 Å². The molecule has 0 aliphatic heterocycles. The number of amides is 3. The normalized spacial score (nSPS) is 14.3. The summed E-state index contributed by atoms with van der Waals surface area (Å²) < 4.78 is 5.46. The molecule has 2 rings (SSSR count). The number of nitrogens with one attached hydrogen (secondary N) is 3. The lowest BCUT2D eigenvalue weighted by molar-refractivity contribution is -0.130. The Kier molecular flexibility index (Phi) is 8.10. The molecule has 1 fully saturated rings. The van der Waals surface area contributed by atoms with Crippen LogP contribution in [0.5, 0.6) is 5.75 Å². The predicted octanol–water partition coefficient (Wildman–Crippen LogP) is 1.92. The van der Waals surface area contributed by atoms with Crippen LogP contribution in [0.1, 0.15) is 49.7 Å². The fraction of sp³-hybridized carbons (Fsp3) is 0.550. The Morgan fingerprint density at radius 1 is 1.00 bits per heavy atom. The fourth-order valence-corrected chi connectivity index (χ4v) is 3.13. The summed E-state index contributed by atoms with van der Waals surface area (Å²) in [6, 6.07) is 5.73. The maximum absolute atomic E-state index is 11.9. The number of hydrogen-bond donors (Lipinski definition) is 3. The number of rotatable bonds is 7. The molecule has 1 saturated carbocycles. The Balaban J connectivity index is 1.60. The van der Waals surface area contributed by atoms with Crippen LogP contribution in [-0.4, -0.2) is 30.9 Å². The lowest BCUT2D eigenvalue weighted by Gasteiger charge is -2.20. The molecule has 7 nitrogen and oxygen atoms in total. The molecule has 1 aliphatic carbocycles. The highest BCUT2D eigenvalue weighted by Crippen LogP contribution is 2.26. The Hall–Kier alpha value is -2.57. The largest absolute Gasteiger partial charge is 0.483 e. The van der Waals surface area contributed by atoms with Gasteiger partial charge in [-0.05, 0) is 49.8 Å². The Bertz CT molecular complexity index is 669. The van der Waals surface area contributed by atoms with E-state index in [2.05, 4.69) is 16.2 Å². The summed E-state index contributed by atoms with van der Waals surface area (Å²) in [6.45, 7) is 3.46. The van der Waals surface area contributed by atoms with E-state index in [0.29, 0.717) is 18.1 Å². The lowest BCUT2D eigenvalue weighted by atomic mass is 9.87. The molecule has 148 valence electrons. The van der Waals surface area contributed by atoms with Gasteiger partial charge in [-0.15, -0.1) is 0 Å². The first kappa shape index (κ1) is 20.7. The molecule has 1 aliphatic rings. The van der Waals surface area contributed by atoms with Crippen molar-refractivity contribution in [1.82, 2.24) is 16.2 Å². The Morgan fingerprint density at radius 2 is 1.70 bits per heavy atom. The van der Waals surface area contributed by atoms with Crippen molar-refractivity contribution < 1.29 is 19.1 Å². The van der Waals surface area contributed by atoms with Crippen molar-refractivity contribution in [2.45, 2.75) is 52.4 Å². The van der Waals surface area contributed by atoms with Crippen molar-refractivity contribution in [2.75, 3.05) is 13.2 Å². The van der Waals surface area contributed by atoms with Gasteiger partial charge in [-0.25, -0.2) is 0 Å². The molecule has 7 heteroatoms. The van der Waals surface area contributed by atoms with Gasteiger partial charge in [0, 0.05) is 6.42 Å². The molecule has 0 radical (unpaired) electrons. The second kappa shape index (κ2) is 10.5. The third-order valence-corrected chi connectivity index (χ3v) is 4.69. The van der Waals surface area contributed by atoms with Gasteiger partial charge in [-0.1, -0.05) is 31.4 Å². The summed E-state index contributed by atoms with van der Waals surface area (Å²) >= 11 is 0. The van der Waals surface area contributed by atoms with E-state index < -0.39 is 11.8 Å². The second-order valence-electron chi connectivity index (χ2n) is 7.14. The molecular formula is C20H29N3O4. The van der Waals surface area contributed by atoms with Gasteiger partial charge in [0.05, 0.1) is 6.54 Å². The zero-order valence-electron chi connectivity index (χ0n) is 16.1. The fourth-order valence-electron chi connectivity index (χ4n) is 3.13. The average molecular weight is 375 g/mol. The van der Waals surface area contributed by atoms with Crippen molar-refractivity contribution in [3.8, 4) is 5.75 Å². The lowest BCUT2D eigenvalue weighted by Crippen LogP contribution is -2.47. The van der Waals surface area contributed by atoms with Gasteiger partial charge in [0.1, 0.15) is 5.75 Å². The summed E-state index contributed by atoms with van der Waals surface area (Å²) in [5, 5.41) is 2.59. The molecule has 3 amide bonds. The molecule has 0 bridgehead atoms. The first-order chi connectivity index (χ1) is 12.9. The monoisotopic (exact) mass is 375 g/mol. The SMILES string of the molecule is Cc1ccc(C)c(OCC(=O)NNC(=O)CNC(=O)CC2CCCCC2)c1. The highest BCUT2D eigenvalue weighted by molar-refractivity contribution is 5.86. The summed E-state index contributed by atoms with van der Waals surface area (Å²) in [7, 11) is 0. The minimum atomic E-state index is -0.480. The van der Waals surface area contributed by atoms with Crippen LogP contribution >= 0.6 is 0 Å². The van der Waals surface area contributed by atoms with Crippen LogP contribution in [0.3, 0.4) is 0 Å². The van der Waals surface area contributed by atoms with Crippen LogP contribution < -0.4 is 20.9 Å². The molecule has 0 aromatic heterocycles. The smallest absolute Gasteiger partial charge is 0.276 e. The van der Waals surface area contributed by atoms with Crippen molar-refractivity contribution in [2.24, 2.45) is 5.92 Å². The highest BCUT2D eigenvalue weighted by atomic mass is 16.5. The second-order valence-corrected chi connectivity index (χ2v) is 7.14. The molecule has 1 aromatic rings. The van der Waals surface area contributed by atoms with Gasteiger partial charge in [0.2, 0.25) is 5.91 Å². The third kappa shape index (κ3) is 7.68. The van der Waals surface area contributed by atoms with Crippen LogP contribution in [0.15, 0.2) is 18.2 Å². The number of aryl methyl sites for hydroxylation is 2. The molecule has 3 N–H and O–H groups in total. The molecular weight excluding hydrogens is 346 g/mol. The van der Waals surface area contributed by atoms with Crippen molar-refractivity contribution in [3.63, 3.8) is 0 Å². The van der Waals surface area contributed by atoms with Gasteiger partial charge in [-0.3, -0.25) is 25.2 Å². The molecule has 0 atom stereocenters. The van der Waals surface area contributed by atoms with Crippen LogP contribution in [0.25, 0.3) is 0 Å². The van der Waals surface area contributed by atoms with Crippen molar-refractivity contribution in [1.29, 1.82) is 0 Å². The first-order valence-corrected chi connectivity index (χ1v) is 9.48. The van der Waals surface area contributed by atoms with Crippen LogP contribution in [0.2, 0.25) is 0 Å².